The van der Waals surface area contributed by atoms with Crippen LogP contribution >= 0.6 is 0 Å². The number of carbonyl (C=O) groups is 1. The van der Waals surface area contributed by atoms with Crippen molar-refractivity contribution >= 4 is 11.7 Å². The number of anilines is 1. The molecule has 0 radical (unpaired) electrons. The maximum atomic E-state index is 12.1. The quantitative estimate of drug-likeness (QED) is 0.864. The highest BCUT2D eigenvalue weighted by Gasteiger charge is 2.24. The molecule has 1 atom stereocenters. The molecule has 132 valence electrons. The number of hydrogen-bond donors (Lipinski definition) is 1. The molecule has 0 bridgehead atoms. The van der Waals surface area contributed by atoms with Crippen molar-refractivity contribution in [3.8, 4) is 5.88 Å². The second-order valence-electron chi connectivity index (χ2n) is 6.44. The van der Waals surface area contributed by atoms with Gasteiger partial charge in [0.25, 0.3) is 0 Å². The molecule has 3 rings (SSSR count). The second-order valence-corrected chi connectivity index (χ2v) is 6.44. The highest BCUT2D eigenvalue weighted by Crippen LogP contribution is 2.21. The summed E-state index contributed by atoms with van der Waals surface area (Å²) in [6.07, 6.45) is 4.58. The number of nitrogens with one attached hydrogen (secondary N) is 1. The summed E-state index contributed by atoms with van der Waals surface area (Å²) in [5, 5.41) is 3.16. The van der Waals surface area contributed by atoms with E-state index in [0.29, 0.717) is 18.9 Å². The molecule has 1 amide bonds. The van der Waals surface area contributed by atoms with Crippen LogP contribution < -0.4 is 15.0 Å². The molecule has 24 heavy (non-hydrogen) atoms. The fraction of sp³-hybridized carbons (Fsp3) is 0.667. The van der Waals surface area contributed by atoms with E-state index in [9.17, 15) is 4.79 Å². The second kappa shape index (κ2) is 8.33. The Morgan fingerprint density at radius 2 is 2.21 bits per heavy atom. The van der Waals surface area contributed by atoms with Crippen LogP contribution in [0, 0.1) is 0 Å². The third kappa shape index (κ3) is 4.60. The van der Waals surface area contributed by atoms with Crippen LogP contribution in [-0.4, -0.2) is 49.3 Å². The molecule has 2 aliphatic rings. The number of aromatic nitrogens is 1. The maximum absolute atomic E-state index is 12.1. The topological polar surface area (TPSA) is 63.7 Å². The molecule has 0 aromatic carbocycles. The van der Waals surface area contributed by atoms with Gasteiger partial charge in [0.1, 0.15) is 5.82 Å². The lowest BCUT2D eigenvalue weighted by molar-refractivity contribution is -0.124. The molecule has 1 aromatic heterocycles. The Kier molecular flexibility index (Phi) is 5.91. The number of rotatable bonds is 6. The van der Waals surface area contributed by atoms with Crippen molar-refractivity contribution in [2.24, 2.45) is 0 Å². The molecular weight excluding hydrogens is 306 g/mol. The first kappa shape index (κ1) is 17.0. The normalized spacial score (nSPS) is 21.7. The molecule has 0 spiro atoms. The summed E-state index contributed by atoms with van der Waals surface area (Å²) in [6.45, 7) is 5.17. The number of ether oxygens (including phenoxy) is 2. The molecule has 6 heteroatoms. The summed E-state index contributed by atoms with van der Waals surface area (Å²) >= 11 is 0. The van der Waals surface area contributed by atoms with E-state index in [1.807, 2.05) is 25.1 Å². The summed E-state index contributed by atoms with van der Waals surface area (Å²) in [4.78, 5) is 18.9. The van der Waals surface area contributed by atoms with Gasteiger partial charge in [-0.25, -0.2) is 0 Å². The summed E-state index contributed by atoms with van der Waals surface area (Å²) < 4.78 is 11.0. The maximum Gasteiger partial charge on any atom is 0.222 e. The molecule has 6 nitrogen and oxygen atoms in total. The number of pyridine rings is 1. The van der Waals surface area contributed by atoms with E-state index in [-0.39, 0.29) is 18.1 Å². The van der Waals surface area contributed by atoms with Gasteiger partial charge in [-0.1, -0.05) is 6.07 Å². The molecular formula is C18H27N3O3. The molecule has 2 aliphatic heterocycles. The van der Waals surface area contributed by atoms with Crippen molar-refractivity contribution in [3.05, 3.63) is 18.2 Å². The highest BCUT2D eigenvalue weighted by atomic mass is 16.5. The van der Waals surface area contributed by atoms with Crippen molar-refractivity contribution in [3.63, 3.8) is 0 Å². The molecule has 2 saturated heterocycles. The largest absolute Gasteiger partial charge is 0.478 e. The SMILES string of the molecule is CCOc1cccc(N2CCC(NC(=O)CC3CCCO3)CC2)n1. The van der Waals surface area contributed by atoms with Crippen LogP contribution in [-0.2, 0) is 9.53 Å². The number of piperidine rings is 1. The fourth-order valence-corrected chi connectivity index (χ4v) is 3.36. The summed E-state index contributed by atoms with van der Waals surface area (Å²) in [7, 11) is 0. The van der Waals surface area contributed by atoms with Crippen LogP contribution in [0.3, 0.4) is 0 Å². The Hall–Kier alpha value is -1.82. The standard InChI is InChI=1S/C18H27N3O3/c1-2-23-18-7-3-6-16(20-18)21-10-8-14(9-11-21)19-17(22)13-15-5-4-12-24-15/h3,6-7,14-15H,2,4-5,8-13H2,1H3,(H,19,22). The number of amides is 1. The van der Waals surface area contributed by atoms with Crippen molar-refractivity contribution in [2.45, 2.75) is 51.2 Å². The van der Waals surface area contributed by atoms with Gasteiger partial charge in [-0.05, 0) is 38.7 Å². The van der Waals surface area contributed by atoms with E-state index >= 15 is 0 Å². The Bertz CT molecular complexity index is 538. The minimum Gasteiger partial charge on any atom is -0.478 e. The van der Waals surface area contributed by atoms with Crippen LogP contribution in [0.1, 0.15) is 39.0 Å². The van der Waals surface area contributed by atoms with E-state index in [2.05, 4.69) is 15.2 Å². The molecule has 1 aromatic rings. The van der Waals surface area contributed by atoms with Crippen LogP contribution in [0.5, 0.6) is 5.88 Å². The van der Waals surface area contributed by atoms with Crippen LogP contribution in [0.4, 0.5) is 5.82 Å². The van der Waals surface area contributed by atoms with Gasteiger partial charge in [0.05, 0.1) is 19.1 Å². The first-order valence-corrected chi connectivity index (χ1v) is 9.00. The number of nitrogens with zero attached hydrogens (tertiary/aromatic N) is 2. The van der Waals surface area contributed by atoms with E-state index in [1.165, 1.54) is 0 Å². The van der Waals surface area contributed by atoms with Gasteiger partial charge in [0.2, 0.25) is 11.8 Å². The lowest BCUT2D eigenvalue weighted by Crippen LogP contribution is -2.45. The van der Waals surface area contributed by atoms with E-state index in [4.69, 9.17) is 9.47 Å². The zero-order chi connectivity index (χ0) is 16.8. The van der Waals surface area contributed by atoms with Crippen molar-refractivity contribution in [1.29, 1.82) is 0 Å². The highest BCUT2D eigenvalue weighted by molar-refractivity contribution is 5.76. The summed E-state index contributed by atoms with van der Waals surface area (Å²) in [6, 6.07) is 6.12. The molecule has 3 heterocycles. The Morgan fingerprint density at radius 1 is 1.38 bits per heavy atom. The van der Waals surface area contributed by atoms with Crippen molar-refractivity contribution < 1.29 is 14.3 Å². The van der Waals surface area contributed by atoms with Crippen LogP contribution in [0.25, 0.3) is 0 Å². The minimum absolute atomic E-state index is 0.121. The third-order valence-electron chi connectivity index (χ3n) is 4.62. The Labute approximate surface area is 143 Å². The average molecular weight is 333 g/mol. The molecule has 2 fully saturated rings. The van der Waals surface area contributed by atoms with Gasteiger partial charge in [-0.15, -0.1) is 0 Å². The Balaban J connectivity index is 1.45. The molecule has 0 aliphatic carbocycles. The predicted octanol–water partition coefficient (Wildman–Crippen LogP) is 2.13. The van der Waals surface area contributed by atoms with Gasteiger partial charge in [0.15, 0.2) is 0 Å². The van der Waals surface area contributed by atoms with Crippen LogP contribution in [0.15, 0.2) is 18.2 Å². The zero-order valence-electron chi connectivity index (χ0n) is 14.4. The first-order chi connectivity index (χ1) is 11.7. The molecule has 1 unspecified atom stereocenters. The van der Waals surface area contributed by atoms with Gasteiger partial charge in [-0.2, -0.15) is 4.98 Å². The predicted molar refractivity (Wildman–Crippen MR) is 92.4 cm³/mol. The molecule has 0 saturated carbocycles. The van der Waals surface area contributed by atoms with Crippen LogP contribution in [0.2, 0.25) is 0 Å². The van der Waals surface area contributed by atoms with E-state index in [0.717, 1.165) is 51.2 Å². The first-order valence-electron chi connectivity index (χ1n) is 9.00. The lowest BCUT2D eigenvalue weighted by Gasteiger charge is -2.33. The smallest absolute Gasteiger partial charge is 0.222 e. The van der Waals surface area contributed by atoms with Gasteiger partial charge < -0.3 is 19.7 Å². The van der Waals surface area contributed by atoms with Gasteiger partial charge >= 0.3 is 0 Å². The monoisotopic (exact) mass is 333 g/mol. The van der Waals surface area contributed by atoms with Gasteiger partial charge in [-0.3, -0.25) is 4.79 Å². The summed E-state index contributed by atoms with van der Waals surface area (Å²) in [5.41, 5.74) is 0. The third-order valence-corrected chi connectivity index (χ3v) is 4.62. The van der Waals surface area contributed by atoms with Crippen molar-refractivity contribution in [1.82, 2.24) is 10.3 Å². The fourth-order valence-electron chi connectivity index (χ4n) is 3.36. The average Bonchev–Trinajstić information content (AvgIpc) is 3.09. The Morgan fingerprint density at radius 3 is 2.92 bits per heavy atom. The van der Waals surface area contributed by atoms with Crippen molar-refractivity contribution in [2.75, 3.05) is 31.2 Å². The van der Waals surface area contributed by atoms with E-state index < -0.39 is 0 Å². The number of carbonyl (C=O) groups excluding carboxylic acids is 1. The van der Waals surface area contributed by atoms with Gasteiger partial charge in [0, 0.05) is 31.8 Å². The van der Waals surface area contributed by atoms with E-state index in [1.54, 1.807) is 0 Å². The summed E-state index contributed by atoms with van der Waals surface area (Å²) in [5.74, 6) is 1.74. The lowest BCUT2D eigenvalue weighted by atomic mass is 10.0. The zero-order valence-corrected chi connectivity index (χ0v) is 14.4. The molecule has 1 N–H and O–H groups in total. The minimum atomic E-state index is 0.121. The number of hydrogen-bond acceptors (Lipinski definition) is 5.